The quantitative estimate of drug-likeness (QED) is 0.603. The normalized spacial score (nSPS) is 15.2. The van der Waals surface area contributed by atoms with Gasteiger partial charge in [-0.3, -0.25) is 9.59 Å². The van der Waals surface area contributed by atoms with Crippen LogP contribution in [0.4, 0.5) is 9.39 Å². The molecule has 9 heteroatoms. The molecule has 1 atom stereocenters. The van der Waals surface area contributed by atoms with Crippen LogP contribution < -0.4 is 5.32 Å². The third kappa shape index (κ3) is 5.62. The smallest absolute Gasteiger partial charge is 0.341 e. The maximum absolute atomic E-state index is 13.8. The molecule has 0 spiro atoms. The van der Waals surface area contributed by atoms with Gasteiger partial charge in [0, 0.05) is 15.5 Å². The van der Waals surface area contributed by atoms with E-state index in [2.05, 4.69) is 12.2 Å². The van der Waals surface area contributed by atoms with Crippen molar-refractivity contribution in [2.75, 3.05) is 18.5 Å². The van der Waals surface area contributed by atoms with Gasteiger partial charge in [0.05, 0.1) is 18.6 Å². The summed E-state index contributed by atoms with van der Waals surface area (Å²) in [4.78, 5) is 38.0. The van der Waals surface area contributed by atoms with Crippen molar-refractivity contribution in [3.63, 3.8) is 0 Å². The molecule has 0 bridgehead atoms. The topological polar surface area (TPSA) is 81.7 Å². The zero-order chi connectivity index (χ0) is 22.5. The number of fused-ring (bicyclic) bond motifs is 1. The molecule has 0 radical (unpaired) electrons. The predicted molar refractivity (Wildman–Crippen MR) is 116 cm³/mol. The Balaban J connectivity index is 1.66. The van der Waals surface area contributed by atoms with Gasteiger partial charge in [-0.1, -0.05) is 24.6 Å². The maximum atomic E-state index is 13.8. The number of benzene rings is 1. The number of anilines is 1. The van der Waals surface area contributed by atoms with Crippen molar-refractivity contribution >= 4 is 45.8 Å². The lowest BCUT2D eigenvalue weighted by Gasteiger charge is -2.18. The fourth-order valence-corrected chi connectivity index (χ4v) is 5.11. The van der Waals surface area contributed by atoms with Crippen LogP contribution in [0.5, 0.6) is 0 Å². The van der Waals surface area contributed by atoms with E-state index in [4.69, 9.17) is 21.1 Å². The SMILES string of the molecule is CCOC(=O)c1c(NC(=O)COC(=O)Cc2c(F)cccc2Cl)sc2c1CCC(C)C2. The summed E-state index contributed by atoms with van der Waals surface area (Å²) in [5, 5.41) is 3.17. The third-order valence-electron chi connectivity index (χ3n) is 4.99. The Morgan fingerprint density at radius 2 is 2.06 bits per heavy atom. The number of nitrogens with one attached hydrogen (secondary N) is 1. The maximum Gasteiger partial charge on any atom is 0.341 e. The summed E-state index contributed by atoms with van der Waals surface area (Å²) in [6.45, 7) is 3.53. The second-order valence-electron chi connectivity index (χ2n) is 7.36. The third-order valence-corrected chi connectivity index (χ3v) is 6.52. The molecule has 1 unspecified atom stereocenters. The first-order valence-electron chi connectivity index (χ1n) is 10.00. The van der Waals surface area contributed by atoms with Gasteiger partial charge in [-0.05, 0) is 49.8 Å². The van der Waals surface area contributed by atoms with Crippen LogP contribution in [0.2, 0.25) is 5.02 Å². The predicted octanol–water partition coefficient (Wildman–Crippen LogP) is 4.57. The highest BCUT2D eigenvalue weighted by molar-refractivity contribution is 7.17. The highest BCUT2D eigenvalue weighted by Crippen LogP contribution is 2.40. The van der Waals surface area contributed by atoms with Crippen LogP contribution in [0.15, 0.2) is 18.2 Å². The van der Waals surface area contributed by atoms with Crippen molar-refractivity contribution in [3.8, 4) is 0 Å². The van der Waals surface area contributed by atoms with Gasteiger partial charge in [-0.2, -0.15) is 0 Å². The number of carbonyl (C=O) groups excluding carboxylic acids is 3. The van der Waals surface area contributed by atoms with E-state index in [0.717, 1.165) is 29.7 Å². The molecule has 6 nitrogen and oxygen atoms in total. The molecule has 1 aliphatic carbocycles. The van der Waals surface area contributed by atoms with E-state index in [1.165, 1.54) is 29.5 Å². The van der Waals surface area contributed by atoms with Crippen molar-refractivity contribution in [1.29, 1.82) is 0 Å². The van der Waals surface area contributed by atoms with Crippen LogP contribution in [0.25, 0.3) is 0 Å². The first-order valence-corrected chi connectivity index (χ1v) is 11.2. The first-order chi connectivity index (χ1) is 14.8. The largest absolute Gasteiger partial charge is 0.462 e. The number of thiophene rings is 1. The lowest BCUT2D eigenvalue weighted by molar-refractivity contribution is -0.146. The Kier molecular flexibility index (Phi) is 7.67. The van der Waals surface area contributed by atoms with Gasteiger partial charge < -0.3 is 14.8 Å². The van der Waals surface area contributed by atoms with Gasteiger partial charge in [-0.25, -0.2) is 9.18 Å². The molecule has 1 aromatic heterocycles. The molecular formula is C22H23ClFNO5S. The Labute approximate surface area is 188 Å². The number of ether oxygens (including phenoxy) is 2. The zero-order valence-corrected chi connectivity index (χ0v) is 18.8. The molecule has 1 heterocycles. The molecule has 166 valence electrons. The Hall–Kier alpha value is -2.45. The van der Waals surface area contributed by atoms with E-state index < -0.39 is 36.7 Å². The molecule has 1 aromatic carbocycles. The van der Waals surface area contributed by atoms with Gasteiger partial charge in [-0.15, -0.1) is 11.3 Å². The number of esters is 2. The summed E-state index contributed by atoms with van der Waals surface area (Å²) in [7, 11) is 0. The minimum atomic E-state index is -0.785. The molecule has 1 aliphatic rings. The van der Waals surface area contributed by atoms with Crippen LogP contribution in [-0.2, 0) is 38.3 Å². The summed E-state index contributed by atoms with van der Waals surface area (Å²) in [6, 6.07) is 4.09. The van der Waals surface area contributed by atoms with Crippen molar-refractivity contribution < 1.29 is 28.2 Å². The van der Waals surface area contributed by atoms with Crippen molar-refractivity contribution in [2.24, 2.45) is 5.92 Å². The monoisotopic (exact) mass is 467 g/mol. The lowest BCUT2D eigenvalue weighted by Crippen LogP contribution is -2.22. The minimum Gasteiger partial charge on any atom is -0.462 e. The molecule has 0 saturated heterocycles. The molecule has 0 aliphatic heterocycles. The van der Waals surface area contributed by atoms with E-state index in [9.17, 15) is 18.8 Å². The Bertz CT molecular complexity index is 986. The summed E-state index contributed by atoms with van der Waals surface area (Å²) in [6.07, 6.45) is 2.15. The van der Waals surface area contributed by atoms with E-state index in [1.807, 2.05) is 0 Å². The summed E-state index contributed by atoms with van der Waals surface area (Å²) in [5.41, 5.74) is 1.31. The average molecular weight is 468 g/mol. The van der Waals surface area contributed by atoms with Gasteiger partial charge in [0.1, 0.15) is 10.8 Å². The van der Waals surface area contributed by atoms with E-state index in [1.54, 1.807) is 6.92 Å². The Morgan fingerprint density at radius 1 is 1.29 bits per heavy atom. The molecular weight excluding hydrogens is 445 g/mol. The van der Waals surface area contributed by atoms with Crippen molar-refractivity contribution in [2.45, 2.75) is 39.5 Å². The van der Waals surface area contributed by atoms with E-state index >= 15 is 0 Å². The highest BCUT2D eigenvalue weighted by atomic mass is 35.5. The first kappa shape index (κ1) is 23.2. The number of hydrogen-bond donors (Lipinski definition) is 1. The van der Waals surface area contributed by atoms with Gasteiger partial charge >= 0.3 is 11.9 Å². The van der Waals surface area contributed by atoms with Crippen LogP contribution >= 0.6 is 22.9 Å². The number of amides is 1. The molecule has 3 rings (SSSR count). The summed E-state index contributed by atoms with van der Waals surface area (Å²) in [5.74, 6) is -1.98. The average Bonchev–Trinajstić information content (AvgIpc) is 3.06. The summed E-state index contributed by atoms with van der Waals surface area (Å²) >= 11 is 7.26. The van der Waals surface area contributed by atoms with Crippen LogP contribution in [0.1, 0.15) is 46.6 Å². The number of hydrogen-bond acceptors (Lipinski definition) is 6. The van der Waals surface area contributed by atoms with E-state index in [-0.39, 0.29) is 17.2 Å². The minimum absolute atomic E-state index is 0.0132. The molecule has 1 N–H and O–H groups in total. The lowest BCUT2D eigenvalue weighted by atomic mass is 9.88. The molecule has 31 heavy (non-hydrogen) atoms. The Morgan fingerprint density at radius 3 is 2.77 bits per heavy atom. The molecule has 2 aromatic rings. The van der Waals surface area contributed by atoms with Gasteiger partial charge in [0.25, 0.3) is 5.91 Å². The van der Waals surface area contributed by atoms with Crippen molar-refractivity contribution in [1.82, 2.24) is 0 Å². The van der Waals surface area contributed by atoms with Crippen LogP contribution in [0, 0.1) is 11.7 Å². The van der Waals surface area contributed by atoms with Gasteiger partial charge in [0.2, 0.25) is 0 Å². The molecule has 1 amide bonds. The molecule has 0 fully saturated rings. The second kappa shape index (κ2) is 10.2. The van der Waals surface area contributed by atoms with Gasteiger partial charge in [0.15, 0.2) is 6.61 Å². The fourth-order valence-electron chi connectivity index (χ4n) is 3.46. The van der Waals surface area contributed by atoms with Crippen molar-refractivity contribution in [3.05, 3.63) is 50.6 Å². The van der Waals surface area contributed by atoms with Crippen LogP contribution in [0.3, 0.4) is 0 Å². The zero-order valence-electron chi connectivity index (χ0n) is 17.3. The number of halogens is 2. The standard InChI is InChI=1S/C22H23ClFNO5S/c1-3-29-22(28)20-13-8-7-12(2)9-17(13)31-21(20)25-18(26)11-30-19(27)10-14-15(23)5-4-6-16(14)24/h4-6,12H,3,7-11H2,1-2H3,(H,25,26). The highest BCUT2D eigenvalue weighted by Gasteiger charge is 2.29. The summed E-state index contributed by atoms with van der Waals surface area (Å²) < 4.78 is 23.9. The second-order valence-corrected chi connectivity index (χ2v) is 8.87. The number of rotatable bonds is 7. The van der Waals surface area contributed by atoms with E-state index in [0.29, 0.717) is 16.5 Å². The number of carbonyl (C=O) groups is 3. The fraction of sp³-hybridized carbons (Fsp3) is 0.409. The molecule has 0 saturated carbocycles. The van der Waals surface area contributed by atoms with Crippen LogP contribution in [-0.4, -0.2) is 31.1 Å².